The normalized spacial score (nSPS) is 15.4. The predicted molar refractivity (Wildman–Crippen MR) is 115 cm³/mol. The van der Waals surface area contributed by atoms with E-state index in [4.69, 9.17) is 9.47 Å². The van der Waals surface area contributed by atoms with E-state index in [0.29, 0.717) is 18.0 Å². The molecule has 2 N–H and O–H groups in total. The second-order valence-corrected chi connectivity index (χ2v) is 7.65. The van der Waals surface area contributed by atoms with Gasteiger partial charge in [-0.2, -0.15) is 0 Å². The van der Waals surface area contributed by atoms with E-state index in [9.17, 15) is 4.79 Å². The van der Waals surface area contributed by atoms with Gasteiger partial charge < -0.3 is 19.8 Å². The predicted octanol–water partition coefficient (Wildman–Crippen LogP) is 4.62. The average molecular weight is 392 g/mol. The number of methoxy groups -OCH3 is 2. The molecule has 0 saturated heterocycles. The molecule has 1 unspecified atom stereocenters. The summed E-state index contributed by atoms with van der Waals surface area (Å²) in [4.78, 5) is 16.1. The summed E-state index contributed by atoms with van der Waals surface area (Å²) >= 11 is 0. The second kappa shape index (κ2) is 8.60. The van der Waals surface area contributed by atoms with Crippen LogP contribution in [0.2, 0.25) is 0 Å². The van der Waals surface area contributed by atoms with Crippen molar-refractivity contribution in [3.05, 3.63) is 59.8 Å². The lowest BCUT2D eigenvalue weighted by atomic mass is 9.89. The van der Waals surface area contributed by atoms with Crippen molar-refractivity contribution in [2.45, 2.75) is 31.6 Å². The van der Waals surface area contributed by atoms with Crippen LogP contribution >= 0.6 is 0 Å². The lowest BCUT2D eigenvalue weighted by molar-refractivity contribution is -0.124. The topological polar surface area (TPSA) is 63.3 Å². The largest absolute Gasteiger partial charge is 0.493 e. The van der Waals surface area contributed by atoms with E-state index in [1.807, 2.05) is 30.5 Å². The van der Waals surface area contributed by atoms with Crippen molar-refractivity contribution in [2.75, 3.05) is 20.8 Å². The summed E-state index contributed by atoms with van der Waals surface area (Å²) in [6, 6.07) is 14.1. The summed E-state index contributed by atoms with van der Waals surface area (Å²) in [5.74, 6) is 1.65. The third-order valence-electron chi connectivity index (χ3n) is 6.01. The number of aromatic amines is 1. The van der Waals surface area contributed by atoms with E-state index in [1.165, 1.54) is 0 Å². The van der Waals surface area contributed by atoms with Crippen LogP contribution in [0.15, 0.2) is 48.7 Å². The van der Waals surface area contributed by atoms with E-state index in [2.05, 4.69) is 28.5 Å². The minimum atomic E-state index is -0.0541. The fourth-order valence-corrected chi connectivity index (χ4v) is 4.49. The van der Waals surface area contributed by atoms with Gasteiger partial charge in [0.1, 0.15) is 0 Å². The molecular weight excluding hydrogens is 364 g/mol. The van der Waals surface area contributed by atoms with Crippen LogP contribution in [0.3, 0.4) is 0 Å². The summed E-state index contributed by atoms with van der Waals surface area (Å²) in [6.45, 7) is 0.515. The summed E-state index contributed by atoms with van der Waals surface area (Å²) in [6.07, 6.45) is 6.31. The highest BCUT2D eigenvalue weighted by Gasteiger charge is 2.27. The number of para-hydroxylation sites is 2. The van der Waals surface area contributed by atoms with E-state index < -0.39 is 0 Å². The van der Waals surface area contributed by atoms with Crippen molar-refractivity contribution in [3.63, 3.8) is 0 Å². The molecule has 5 heteroatoms. The summed E-state index contributed by atoms with van der Waals surface area (Å²) < 4.78 is 11.2. The Kier molecular flexibility index (Phi) is 5.74. The highest BCUT2D eigenvalue weighted by Crippen LogP contribution is 2.40. The van der Waals surface area contributed by atoms with Gasteiger partial charge in [-0.25, -0.2) is 0 Å². The van der Waals surface area contributed by atoms with Gasteiger partial charge in [0.25, 0.3) is 0 Å². The van der Waals surface area contributed by atoms with Crippen LogP contribution in [0.25, 0.3) is 10.9 Å². The molecule has 29 heavy (non-hydrogen) atoms. The first-order valence-corrected chi connectivity index (χ1v) is 10.3. The molecule has 0 bridgehead atoms. The molecular formula is C24H28N2O3. The molecule has 5 nitrogen and oxygen atoms in total. The zero-order chi connectivity index (χ0) is 20.2. The molecule has 0 aliphatic heterocycles. The first kappa shape index (κ1) is 19.4. The number of rotatable bonds is 7. The van der Waals surface area contributed by atoms with Gasteiger partial charge in [0.2, 0.25) is 5.91 Å². The van der Waals surface area contributed by atoms with E-state index in [0.717, 1.165) is 47.7 Å². The Morgan fingerprint density at radius 1 is 1.07 bits per heavy atom. The Morgan fingerprint density at radius 3 is 2.62 bits per heavy atom. The summed E-state index contributed by atoms with van der Waals surface area (Å²) in [5, 5.41) is 4.37. The summed E-state index contributed by atoms with van der Waals surface area (Å²) in [5.41, 5.74) is 3.22. The van der Waals surface area contributed by atoms with Gasteiger partial charge in [-0.15, -0.1) is 0 Å². The molecule has 2 aromatic carbocycles. The zero-order valence-corrected chi connectivity index (χ0v) is 17.0. The molecule has 0 spiro atoms. The number of nitrogens with one attached hydrogen (secondary N) is 2. The number of carbonyl (C=O) groups is 1. The molecule has 1 aromatic heterocycles. The van der Waals surface area contributed by atoms with Crippen LogP contribution in [0.5, 0.6) is 11.5 Å². The van der Waals surface area contributed by atoms with Gasteiger partial charge in [-0.1, -0.05) is 43.2 Å². The fourth-order valence-electron chi connectivity index (χ4n) is 4.49. The lowest BCUT2D eigenvalue weighted by Crippen LogP contribution is -2.33. The van der Waals surface area contributed by atoms with Crippen LogP contribution in [-0.4, -0.2) is 31.7 Å². The molecule has 1 atom stereocenters. The van der Waals surface area contributed by atoms with Gasteiger partial charge in [-0.3, -0.25) is 4.79 Å². The Bertz CT molecular complexity index is 989. The molecule has 4 rings (SSSR count). The minimum Gasteiger partial charge on any atom is -0.493 e. The SMILES string of the molecule is COc1cccc(C(CNC(=O)C2CCCC2)c2c[nH]c3ccccc23)c1OC. The first-order valence-electron chi connectivity index (χ1n) is 10.3. The Morgan fingerprint density at radius 2 is 1.86 bits per heavy atom. The molecule has 1 heterocycles. The molecule has 1 aliphatic rings. The van der Waals surface area contributed by atoms with Crippen molar-refractivity contribution < 1.29 is 14.3 Å². The molecule has 152 valence electrons. The van der Waals surface area contributed by atoms with Crippen LogP contribution < -0.4 is 14.8 Å². The molecule has 0 radical (unpaired) electrons. The number of aromatic nitrogens is 1. The van der Waals surface area contributed by atoms with Gasteiger partial charge in [0, 0.05) is 41.0 Å². The third kappa shape index (κ3) is 3.82. The Balaban J connectivity index is 1.72. The van der Waals surface area contributed by atoms with Crippen LogP contribution in [0.1, 0.15) is 42.7 Å². The van der Waals surface area contributed by atoms with Crippen molar-refractivity contribution in [2.24, 2.45) is 5.92 Å². The fraction of sp³-hybridized carbons (Fsp3) is 0.375. The number of carbonyl (C=O) groups excluding carboxylic acids is 1. The van der Waals surface area contributed by atoms with E-state index in [1.54, 1.807) is 14.2 Å². The first-order chi connectivity index (χ1) is 14.2. The van der Waals surface area contributed by atoms with Crippen LogP contribution in [0.4, 0.5) is 0 Å². The van der Waals surface area contributed by atoms with Gasteiger partial charge in [0.05, 0.1) is 14.2 Å². The third-order valence-corrected chi connectivity index (χ3v) is 6.01. The Labute approximate surface area is 171 Å². The van der Waals surface area contributed by atoms with Gasteiger partial charge in [0.15, 0.2) is 11.5 Å². The van der Waals surface area contributed by atoms with Crippen molar-refractivity contribution in [1.82, 2.24) is 10.3 Å². The van der Waals surface area contributed by atoms with Crippen molar-refractivity contribution >= 4 is 16.8 Å². The maximum absolute atomic E-state index is 12.7. The molecule has 3 aromatic rings. The standard InChI is InChI=1S/C24H28N2O3/c1-28-22-13-7-11-18(23(22)29-2)20(15-26-24(27)16-8-3-4-9-16)19-14-25-21-12-6-5-10-17(19)21/h5-7,10-14,16,20,25H,3-4,8-9,15H2,1-2H3,(H,26,27). The number of hydrogen-bond acceptors (Lipinski definition) is 3. The maximum Gasteiger partial charge on any atom is 0.223 e. The highest BCUT2D eigenvalue weighted by atomic mass is 16.5. The molecule has 1 saturated carbocycles. The van der Waals surface area contributed by atoms with Crippen LogP contribution in [0, 0.1) is 5.92 Å². The van der Waals surface area contributed by atoms with E-state index in [-0.39, 0.29) is 17.7 Å². The number of benzene rings is 2. The number of ether oxygens (including phenoxy) is 2. The van der Waals surface area contributed by atoms with Crippen molar-refractivity contribution in [1.29, 1.82) is 0 Å². The highest BCUT2D eigenvalue weighted by molar-refractivity contribution is 5.85. The molecule has 1 aliphatic carbocycles. The Hall–Kier alpha value is -2.95. The smallest absolute Gasteiger partial charge is 0.223 e. The summed E-state index contributed by atoms with van der Waals surface area (Å²) in [7, 11) is 3.30. The number of amides is 1. The lowest BCUT2D eigenvalue weighted by Gasteiger charge is -2.22. The van der Waals surface area contributed by atoms with Gasteiger partial charge in [-0.05, 0) is 30.5 Å². The number of fused-ring (bicyclic) bond motifs is 1. The van der Waals surface area contributed by atoms with Gasteiger partial charge >= 0.3 is 0 Å². The van der Waals surface area contributed by atoms with Crippen LogP contribution in [-0.2, 0) is 4.79 Å². The molecule has 1 amide bonds. The number of hydrogen-bond donors (Lipinski definition) is 2. The minimum absolute atomic E-state index is 0.0541. The zero-order valence-electron chi connectivity index (χ0n) is 17.0. The number of H-pyrrole nitrogens is 1. The van der Waals surface area contributed by atoms with Crippen molar-refractivity contribution in [3.8, 4) is 11.5 Å². The quantitative estimate of drug-likeness (QED) is 0.616. The average Bonchev–Trinajstić information content (AvgIpc) is 3.44. The molecule has 1 fully saturated rings. The second-order valence-electron chi connectivity index (χ2n) is 7.65. The monoisotopic (exact) mass is 392 g/mol. The maximum atomic E-state index is 12.7. The van der Waals surface area contributed by atoms with E-state index >= 15 is 0 Å².